The number of alkyl halides is 3. The van der Waals surface area contributed by atoms with Gasteiger partial charge in [0.05, 0.1) is 5.02 Å². The van der Waals surface area contributed by atoms with Gasteiger partial charge in [0, 0.05) is 16.2 Å². The summed E-state index contributed by atoms with van der Waals surface area (Å²) in [5.41, 5.74) is -4.43. The molecule has 0 N–H and O–H groups in total. The molecule has 4 rings (SSSR count). The molecule has 4 nitrogen and oxygen atoms in total. The maximum Gasteiger partial charge on any atom is 0.534 e. The lowest BCUT2D eigenvalue weighted by atomic mass is 10.1. The molecule has 0 spiro atoms. The molecule has 0 bridgehead atoms. The lowest BCUT2D eigenvalue weighted by molar-refractivity contribution is -0.0500. The van der Waals surface area contributed by atoms with E-state index in [0.29, 0.717) is 27.0 Å². The summed E-state index contributed by atoms with van der Waals surface area (Å²) in [5.74, 6) is -0.441. The summed E-state index contributed by atoms with van der Waals surface area (Å²) in [6.45, 7) is 0. The maximum atomic E-state index is 12.5. The third-order valence-electron chi connectivity index (χ3n) is 3.89. The van der Waals surface area contributed by atoms with Crippen molar-refractivity contribution in [2.45, 2.75) is 5.51 Å². The number of fused-ring (bicyclic) bond motifs is 5. The van der Waals surface area contributed by atoms with E-state index >= 15 is 0 Å². The van der Waals surface area contributed by atoms with Crippen molar-refractivity contribution in [1.82, 2.24) is 0 Å². The first kappa shape index (κ1) is 17.0. The SMILES string of the molecule is O=S(=O)(Oc1ccc2c(ccc3c2oc2cccc(Cl)c23)c1)C(F)(F)F. The number of hydrogen-bond acceptors (Lipinski definition) is 4. The largest absolute Gasteiger partial charge is 0.534 e. The van der Waals surface area contributed by atoms with Gasteiger partial charge in [-0.25, -0.2) is 0 Å². The second-order valence-electron chi connectivity index (χ2n) is 5.52. The normalized spacial score (nSPS) is 12.9. The van der Waals surface area contributed by atoms with E-state index < -0.39 is 21.4 Å². The zero-order valence-electron chi connectivity index (χ0n) is 12.7. The molecular formula is C17H8ClF3O4S. The summed E-state index contributed by atoms with van der Waals surface area (Å²) in [6, 6.07) is 12.3. The van der Waals surface area contributed by atoms with Gasteiger partial charge in [0.2, 0.25) is 0 Å². The van der Waals surface area contributed by atoms with Gasteiger partial charge in [0.1, 0.15) is 16.9 Å². The molecule has 134 valence electrons. The predicted molar refractivity (Wildman–Crippen MR) is 91.8 cm³/mol. The minimum absolute atomic E-state index is 0.441. The van der Waals surface area contributed by atoms with Gasteiger partial charge >= 0.3 is 15.6 Å². The molecule has 9 heteroatoms. The van der Waals surface area contributed by atoms with Crippen LogP contribution in [0.15, 0.2) is 52.9 Å². The van der Waals surface area contributed by atoms with Gasteiger partial charge in [-0.05, 0) is 41.8 Å². The second-order valence-corrected chi connectivity index (χ2v) is 7.47. The molecule has 0 saturated carbocycles. The standard InChI is InChI=1S/C17H8ClF3O4S/c18-13-2-1-3-14-15(13)12-6-4-9-8-10(5-7-11(9)16(12)24-14)25-26(22,23)17(19,20)21/h1-8H. The van der Waals surface area contributed by atoms with Crippen molar-refractivity contribution < 1.29 is 30.2 Å². The van der Waals surface area contributed by atoms with Crippen LogP contribution >= 0.6 is 11.6 Å². The zero-order valence-corrected chi connectivity index (χ0v) is 14.2. The van der Waals surface area contributed by atoms with E-state index in [9.17, 15) is 21.6 Å². The van der Waals surface area contributed by atoms with Crippen molar-refractivity contribution in [2.75, 3.05) is 0 Å². The summed E-state index contributed by atoms with van der Waals surface area (Å²) in [4.78, 5) is 0. The van der Waals surface area contributed by atoms with Crippen molar-refractivity contribution in [3.63, 3.8) is 0 Å². The van der Waals surface area contributed by atoms with Crippen LogP contribution in [-0.4, -0.2) is 13.9 Å². The molecule has 0 atom stereocenters. The Morgan fingerprint density at radius 3 is 2.46 bits per heavy atom. The molecule has 3 aromatic carbocycles. The van der Waals surface area contributed by atoms with Crippen LogP contribution in [0.4, 0.5) is 13.2 Å². The highest BCUT2D eigenvalue weighted by atomic mass is 35.5. The molecule has 26 heavy (non-hydrogen) atoms. The van der Waals surface area contributed by atoms with E-state index in [1.165, 1.54) is 12.1 Å². The first-order chi connectivity index (χ1) is 12.2. The Morgan fingerprint density at radius 2 is 1.73 bits per heavy atom. The van der Waals surface area contributed by atoms with Gasteiger partial charge in [-0.2, -0.15) is 21.6 Å². The number of rotatable bonds is 2. The van der Waals surface area contributed by atoms with Crippen LogP contribution in [0, 0.1) is 0 Å². The van der Waals surface area contributed by atoms with Crippen molar-refractivity contribution in [2.24, 2.45) is 0 Å². The van der Waals surface area contributed by atoms with Gasteiger partial charge in [0.25, 0.3) is 0 Å². The smallest absolute Gasteiger partial charge is 0.455 e. The molecular weight excluding hydrogens is 393 g/mol. The van der Waals surface area contributed by atoms with Crippen LogP contribution in [0.5, 0.6) is 5.75 Å². The first-order valence-corrected chi connectivity index (χ1v) is 9.00. The molecule has 1 aromatic heterocycles. The number of furan rings is 1. The molecule has 4 aromatic rings. The van der Waals surface area contributed by atoms with E-state index in [0.717, 1.165) is 16.8 Å². The van der Waals surface area contributed by atoms with Crippen LogP contribution in [0.3, 0.4) is 0 Å². The molecule has 0 unspecified atom stereocenters. The molecule has 0 aliphatic heterocycles. The Kier molecular flexibility index (Phi) is 3.61. The summed E-state index contributed by atoms with van der Waals surface area (Å²) < 4.78 is 69.6. The topological polar surface area (TPSA) is 56.5 Å². The minimum Gasteiger partial charge on any atom is -0.455 e. The quantitative estimate of drug-likeness (QED) is 0.323. The van der Waals surface area contributed by atoms with E-state index in [2.05, 4.69) is 4.18 Å². The van der Waals surface area contributed by atoms with Crippen LogP contribution in [-0.2, 0) is 10.1 Å². The molecule has 0 radical (unpaired) electrons. The van der Waals surface area contributed by atoms with Gasteiger partial charge in [0.15, 0.2) is 0 Å². The van der Waals surface area contributed by atoms with E-state index in [1.54, 1.807) is 30.3 Å². The monoisotopic (exact) mass is 400 g/mol. The van der Waals surface area contributed by atoms with E-state index in [1.807, 2.05) is 0 Å². The Hall–Kier alpha value is -2.45. The first-order valence-electron chi connectivity index (χ1n) is 7.22. The number of halogens is 4. The van der Waals surface area contributed by atoms with Gasteiger partial charge < -0.3 is 8.60 Å². The van der Waals surface area contributed by atoms with Gasteiger partial charge in [-0.15, -0.1) is 0 Å². The molecule has 0 fully saturated rings. The van der Waals surface area contributed by atoms with Crippen molar-refractivity contribution >= 4 is 54.4 Å². The summed E-state index contributed by atoms with van der Waals surface area (Å²) in [6.07, 6.45) is 0. The van der Waals surface area contributed by atoms with Crippen LogP contribution in [0.2, 0.25) is 5.02 Å². The lowest BCUT2D eigenvalue weighted by Gasteiger charge is -2.10. The lowest BCUT2D eigenvalue weighted by Crippen LogP contribution is -2.28. The highest BCUT2D eigenvalue weighted by Crippen LogP contribution is 2.38. The van der Waals surface area contributed by atoms with Crippen LogP contribution in [0.1, 0.15) is 0 Å². The highest BCUT2D eigenvalue weighted by Gasteiger charge is 2.48. The highest BCUT2D eigenvalue weighted by molar-refractivity contribution is 7.88. The fourth-order valence-electron chi connectivity index (χ4n) is 2.77. The third-order valence-corrected chi connectivity index (χ3v) is 5.18. The Bertz CT molecular complexity index is 1280. The van der Waals surface area contributed by atoms with Gasteiger partial charge in [-0.3, -0.25) is 0 Å². The molecule has 0 saturated heterocycles. The van der Waals surface area contributed by atoms with E-state index in [-0.39, 0.29) is 0 Å². The van der Waals surface area contributed by atoms with Crippen molar-refractivity contribution in [1.29, 1.82) is 0 Å². The van der Waals surface area contributed by atoms with E-state index in [4.69, 9.17) is 16.0 Å². The fraction of sp³-hybridized carbons (Fsp3) is 0.0588. The second kappa shape index (κ2) is 5.52. The van der Waals surface area contributed by atoms with Gasteiger partial charge in [-0.1, -0.05) is 23.7 Å². The van der Waals surface area contributed by atoms with Crippen molar-refractivity contribution in [3.05, 3.63) is 53.6 Å². The fourth-order valence-corrected chi connectivity index (χ4v) is 3.49. The minimum atomic E-state index is -5.73. The zero-order chi connectivity index (χ0) is 18.7. The molecule has 1 heterocycles. The Morgan fingerprint density at radius 1 is 1.00 bits per heavy atom. The summed E-state index contributed by atoms with van der Waals surface area (Å²) in [7, 11) is -5.73. The Balaban J connectivity index is 1.90. The average Bonchev–Trinajstić information content (AvgIpc) is 2.93. The number of benzene rings is 3. The van der Waals surface area contributed by atoms with Crippen LogP contribution in [0.25, 0.3) is 32.7 Å². The average molecular weight is 401 g/mol. The summed E-state index contributed by atoms with van der Waals surface area (Å²) >= 11 is 6.22. The molecule has 0 aliphatic rings. The van der Waals surface area contributed by atoms with Crippen molar-refractivity contribution in [3.8, 4) is 5.75 Å². The Labute approximate surface area is 149 Å². The summed E-state index contributed by atoms with van der Waals surface area (Å²) in [5, 5.41) is 3.03. The molecule has 0 amide bonds. The third kappa shape index (κ3) is 2.57. The predicted octanol–water partition coefficient (Wildman–Crippen LogP) is 5.62. The molecule has 0 aliphatic carbocycles. The van der Waals surface area contributed by atoms with Crippen LogP contribution < -0.4 is 4.18 Å². The number of hydrogen-bond donors (Lipinski definition) is 0. The maximum absolute atomic E-state index is 12.5.